The van der Waals surface area contributed by atoms with Crippen LogP contribution in [0.3, 0.4) is 0 Å². The summed E-state index contributed by atoms with van der Waals surface area (Å²) in [4.78, 5) is 15.4. The predicted molar refractivity (Wildman–Crippen MR) is 142 cm³/mol. The third kappa shape index (κ3) is 4.53. The van der Waals surface area contributed by atoms with Gasteiger partial charge in [0.25, 0.3) is 0 Å². The van der Waals surface area contributed by atoms with Crippen molar-refractivity contribution in [1.29, 1.82) is 0 Å². The molecule has 2 aliphatic heterocycles. The Morgan fingerprint density at radius 3 is 2.05 bits per heavy atom. The van der Waals surface area contributed by atoms with Crippen LogP contribution in [0.25, 0.3) is 0 Å². The van der Waals surface area contributed by atoms with Crippen molar-refractivity contribution in [3.8, 4) is 11.5 Å². The van der Waals surface area contributed by atoms with Crippen molar-refractivity contribution >= 4 is 11.6 Å². The van der Waals surface area contributed by atoms with Crippen LogP contribution in [0.4, 0.5) is 14.5 Å². The van der Waals surface area contributed by atoms with Crippen LogP contribution >= 0.6 is 0 Å². The summed E-state index contributed by atoms with van der Waals surface area (Å²) in [5.74, 6) is -0.0495. The van der Waals surface area contributed by atoms with Crippen molar-refractivity contribution in [2.24, 2.45) is 5.92 Å². The van der Waals surface area contributed by atoms with Crippen LogP contribution in [0.2, 0.25) is 0 Å². The first-order valence-electron chi connectivity index (χ1n) is 12.9. The Bertz CT molecular complexity index is 1460. The standard InChI is InChI=1S/C32H27F2NO4/c1-20-2-13-26(14-3-20)35-30(21-4-15-28-29(18-21)39-19-38-28)27(31(35)36)16-17-32(37,22-5-9-24(33)10-6-22)23-7-11-25(34)12-8-23/h2-15,18,27,30,37H,16-17,19H2,1H3. The molecule has 0 aromatic heterocycles. The molecule has 0 aliphatic carbocycles. The first kappa shape index (κ1) is 25.1. The number of hydrogen-bond acceptors (Lipinski definition) is 4. The number of anilines is 1. The van der Waals surface area contributed by atoms with Crippen molar-refractivity contribution in [3.05, 3.63) is 125 Å². The van der Waals surface area contributed by atoms with Gasteiger partial charge in [-0.15, -0.1) is 0 Å². The fourth-order valence-corrected chi connectivity index (χ4v) is 5.57. The summed E-state index contributed by atoms with van der Waals surface area (Å²) in [7, 11) is 0. The largest absolute Gasteiger partial charge is 0.454 e. The normalized spacial score (nSPS) is 18.3. The van der Waals surface area contributed by atoms with Gasteiger partial charge in [-0.2, -0.15) is 0 Å². The Labute approximate surface area is 225 Å². The molecule has 0 radical (unpaired) electrons. The molecule has 2 aliphatic rings. The number of carbonyl (C=O) groups excluding carboxylic acids is 1. The molecule has 5 nitrogen and oxygen atoms in total. The molecule has 2 heterocycles. The van der Waals surface area contributed by atoms with E-state index in [-0.39, 0.29) is 25.2 Å². The fourth-order valence-electron chi connectivity index (χ4n) is 5.57. The average Bonchev–Trinajstić information content (AvgIpc) is 3.41. The molecule has 0 spiro atoms. The molecule has 1 fully saturated rings. The molecule has 7 heteroatoms. The van der Waals surface area contributed by atoms with E-state index in [1.54, 1.807) is 4.90 Å². The van der Waals surface area contributed by atoms with Gasteiger partial charge in [-0.25, -0.2) is 8.78 Å². The lowest BCUT2D eigenvalue weighted by molar-refractivity contribution is -0.131. The number of halogens is 2. The summed E-state index contributed by atoms with van der Waals surface area (Å²) < 4.78 is 38.5. The smallest absolute Gasteiger partial charge is 0.233 e. The Morgan fingerprint density at radius 1 is 0.846 bits per heavy atom. The van der Waals surface area contributed by atoms with E-state index in [0.29, 0.717) is 29.0 Å². The lowest BCUT2D eigenvalue weighted by Gasteiger charge is -2.48. The SMILES string of the molecule is Cc1ccc(N2C(=O)C(CCC(O)(c3ccc(F)cc3)c3ccc(F)cc3)C2c2ccc3c(c2)OCO3)cc1. The van der Waals surface area contributed by atoms with E-state index in [1.807, 2.05) is 49.4 Å². The summed E-state index contributed by atoms with van der Waals surface area (Å²) in [6.07, 6.45) is 0.509. The number of benzene rings is 4. The van der Waals surface area contributed by atoms with Crippen LogP contribution in [0.1, 0.15) is 41.1 Å². The molecule has 39 heavy (non-hydrogen) atoms. The topological polar surface area (TPSA) is 59.0 Å². The Kier molecular flexibility index (Phi) is 6.31. The number of amides is 1. The Hall–Kier alpha value is -4.23. The highest BCUT2D eigenvalue weighted by Gasteiger charge is 2.50. The van der Waals surface area contributed by atoms with Crippen molar-refractivity contribution in [3.63, 3.8) is 0 Å². The van der Waals surface area contributed by atoms with Gasteiger partial charge >= 0.3 is 0 Å². The summed E-state index contributed by atoms with van der Waals surface area (Å²) in [6.45, 7) is 2.14. The van der Waals surface area contributed by atoms with E-state index < -0.39 is 23.2 Å². The first-order valence-corrected chi connectivity index (χ1v) is 12.9. The number of fused-ring (bicyclic) bond motifs is 1. The third-order valence-electron chi connectivity index (χ3n) is 7.72. The van der Waals surface area contributed by atoms with Crippen LogP contribution in [0.5, 0.6) is 11.5 Å². The number of β-lactam (4-membered cyclic amide) rings is 1. The first-order chi connectivity index (χ1) is 18.8. The number of aryl methyl sites for hydroxylation is 1. The van der Waals surface area contributed by atoms with Crippen molar-refractivity contribution in [2.75, 3.05) is 11.7 Å². The van der Waals surface area contributed by atoms with Crippen LogP contribution < -0.4 is 14.4 Å². The van der Waals surface area contributed by atoms with Crippen molar-refractivity contribution < 1.29 is 28.2 Å². The van der Waals surface area contributed by atoms with Gasteiger partial charge in [0.1, 0.15) is 17.2 Å². The maximum atomic E-state index is 13.7. The molecular formula is C32H27F2NO4. The summed E-state index contributed by atoms with van der Waals surface area (Å²) >= 11 is 0. The highest BCUT2D eigenvalue weighted by atomic mass is 19.1. The van der Waals surface area contributed by atoms with Crippen LogP contribution in [0.15, 0.2) is 91.0 Å². The van der Waals surface area contributed by atoms with Crippen LogP contribution in [0, 0.1) is 24.5 Å². The van der Waals surface area contributed by atoms with Gasteiger partial charge in [0, 0.05) is 5.69 Å². The zero-order valence-corrected chi connectivity index (χ0v) is 21.3. The molecule has 6 rings (SSSR count). The molecule has 4 aromatic carbocycles. The number of nitrogens with zero attached hydrogens (tertiary/aromatic N) is 1. The fraction of sp³-hybridized carbons (Fsp3) is 0.219. The number of carbonyl (C=O) groups is 1. The molecule has 0 saturated carbocycles. The number of rotatable bonds is 7. The maximum absolute atomic E-state index is 13.7. The van der Waals surface area contributed by atoms with E-state index >= 15 is 0 Å². The second-order valence-electron chi connectivity index (χ2n) is 10.1. The van der Waals surface area contributed by atoms with E-state index in [0.717, 1.165) is 16.8 Å². The third-order valence-corrected chi connectivity index (χ3v) is 7.72. The van der Waals surface area contributed by atoms with Gasteiger partial charge in [-0.1, -0.05) is 48.0 Å². The minimum absolute atomic E-state index is 0.0536. The maximum Gasteiger partial charge on any atom is 0.233 e. The van der Waals surface area contributed by atoms with E-state index in [4.69, 9.17) is 9.47 Å². The minimum Gasteiger partial charge on any atom is -0.454 e. The van der Waals surface area contributed by atoms with Gasteiger partial charge in [-0.3, -0.25) is 4.79 Å². The van der Waals surface area contributed by atoms with Gasteiger partial charge in [-0.05, 0) is 85.0 Å². The van der Waals surface area contributed by atoms with E-state index in [2.05, 4.69) is 0 Å². The average molecular weight is 528 g/mol. The quantitative estimate of drug-likeness (QED) is 0.282. The second kappa shape index (κ2) is 9.82. The highest BCUT2D eigenvalue weighted by Crippen LogP contribution is 2.49. The summed E-state index contributed by atoms with van der Waals surface area (Å²) in [5.41, 5.74) is 2.17. The van der Waals surface area contributed by atoms with Crippen LogP contribution in [-0.2, 0) is 10.4 Å². The van der Waals surface area contributed by atoms with Crippen LogP contribution in [-0.4, -0.2) is 17.8 Å². The zero-order chi connectivity index (χ0) is 27.1. The molecule has 1 amide bonds. The zero-order valence-electron chi connectivity index (χ0n) is 21.3. The van der Waals surface area contributed by atoms with Crippen molar-refractivity contribution in [1.82, 2.24) is 0 Å². The molecule has 198 valence electrons. The Morgan fingerprint density at radius 2 is 1.44 bits per heavy atom. The summed E-state index contributed by atoms with van der Waals surface area (Å²) in [6, 6.07) is 24.4. The van der Waals surface area contributed by atoms with Gasteiger partial charge < -0.3 is 19.5 Å². The van der Waals surface area contributed by atoms with E-state index in [9.17, 15) is 18.7 Å². The predicted octanol–water partition coefficient (Wildman–Crippen LogP) is 6.42. The monoisotopic (exact) mass is 527 g/mol. The Balaban J connectivity index is 1.34. The van der Waals surface area contributed by atoms with E-state index in [1.165, 1.54) is 48.5 Å². The molecule has 2 unspecified atom stereocenters. The van der Waals surface area contributed by atoms with Gasteiger partial charge in [0.05, 0.1) is 12.0 Å². The van der Waals surface area contributed by atoms with Gasteiger partial charge in [0.15, 0.2) is 11.5 Å². The molecule has 1 N–H and O–H groups in total. The lowest BCUT2D eigenvalue weighted by atomic mass is 9.74. The van der Waals surface area contributed by atoms with Gasteiger partial charge in [0.2, 0.25) is 12.7 Å². The highest BCUT2D eigenvalue weighted by molar-refractivity contribution is 6.03. The lowest BCUT2D eigenvalue weighted by Crippen LogP contribution is -2.55. The molecule has 0 bridgehead atoms. The molecule has 1 saturated heterocycles. The molecule has 2 atom stereocenters. The second-order valence-corrected chi connectivity index (χ2v) is 10.1. The van der Waals surface area contributed by atoms with Crippen molar-refractivity contribution in [2.45, 2.75) is 31.4 Å². The molecular weight excluding hydrogens is 500 g/mol. The molecule has 4 aromatic rings. The number of hydrogen-bond donors (Lipinski definition) is 1. The number of aliphatic hydroxyl groups is 1. The summed E-state index contributed by atoms with van der Waals surface area (Å²) in [5, 5.41) is 12.0. The minimum atomic E-state index is -1.55. The number of ether oxygens (including phenoxy) is 2.